The Hall–Kier alpha value is -2.91. The van der Waals surface area contributed by atoms with E-state index in [4.69, 9.17) is 0 Å². The van der Waals surface area contributed by atoms with Crippen molar-refractivity contribution in [2.75, 3.05) is 0 Å². The Bertz CT molecular complexity index is 1230. The van der Waals surface area contributed by atoms with Gasteiger partial charge in [-0.3, -0.25) is 19.1 Å². The van der Waals surface area contributed by atoms with Crippen molar-refractivity contribution in [2.24, 2.45) is 0 Å². The zero-order chi connectivity index (χ0) is 20.4. The van der Waals surface area contributed by atoms with E-state index in [9.17, 15) is 9.59 Å². The summed E-state index contributed by atoms with van der Waals surface area (Å²) in [5.41, 5.74) is 2.74. The van der Waals surface area contributed by atoms with E-state index >= 15 is 0 Å². The highest BCUT2D eigenvalue weighted by Gasteiger charge is 2.13. The minimum Gasteiger partial charge on any atom is -0.350 e. The Morgan fingerprint density at radius 3 is 2.83 bits per heavy atom. The van der Waals surface area contributed by atoms with Crippen molar-refractivity contribution in [2.45, 2.75) is 33.4 Å². The number of thiophene rings is 1. The van der Waals surface area contributed by atoms with Gasteiger partial charge in [0.15, 0.2) is 0 Å². The van der Waals surface area contributed by atoms with Crippen LogP contribution < -0.4 is 10.9 Å². The van der Waals surface area contributed by atoms with E-state index in [0.717, 1.165) is 31.5 Å². The Morgan fingerprint density at radius 2 is 2.03 bits per heavy atom. The molecule has 0 bridgehead atoms. The van der Waals surface area contributed by atoms with Gasteiger partial charge in [0.2, 0.25) is 5.91 Å². The van der Waals surface area contributed by atoms with E-state index in [1.807, 2.05) is 31.4 Å². The van der Waals surface area contributed by atoms with Crippen LogP contribution in [0.15, 0.2) is 41.0 Å². The average molecular weight is 426 g/mol. The van der Waals surface area contributed by atoms with Crippen molar-refractivity contribution in [3.8, 4) is 11.3 Å². The smallest absolute Gasteiger partial charge is 0.262 e. The number of thiazole rings is 1. The molecule has 0 saturated carbocycles. The van der Waals surface area contributed by atoms with Crippen LogP contribution in [-0.2, 0) is 17.9 Å². The fourth-order valence-corrected chi connectivity index (χ4v) is 4.69. The summed E-state index contributed by atoms with van der Waals surface area (Å²) in [7, 11) is 0. The summed E-state index contributed by atoms with van der Waals surface area (Å²) < 4.78 is 1.51. The number of carbonyl (C=O) groups excluding carboxylic acids is 1. The molecule has 9 heteroatoms. The molecule has 0 aliphatic rings. The SMILES string of the molecule is Cc1sc2ncn(CCC(=O)NCc3nc(-c4ccncc4)cs3)c(=O)c2c1C. The Labute approximate surface area is 175 Å². The molecule has 0 saturated heterocycles. The molecule has 4 aromatic heterocycles. The summed E-state index contributed by atoms with van der Waals surface area (Å²) >= 11 is 3.02. The number of nitrogens with zero attached hydrogens (tertiary/aromatic N) is 4. The number of pyridine rings is 1. The van der Waals surface area contributed by atoms with Crippen LogP contribution in [0.1, 0.15) is 21.9 Å². The van der Waals surface area contributed by atoms with Crippen LogP contribution in [0.2, 0.25) is 0 Å². The van der Waals surface area contributed by atoms with Crippen LogP contribution in [-0.4, -0.2) is 25.4 Å². The monoisotopic (exact) mass is 425 g/mol. The van der Waals surface area contributed by atoms with Gasteiger partial charge in [0.25, 0.3) is 5.56 Å². The number of nitrogens with one attached hydrogen (secondary N) is 1. The summed E-state index contributed by atoms with van der Waals surface area (Å²) in [6.45, 7) is 4.58. The van der Waals surface area contributed by atoms with Crippen LogP contribution >= 0.6 is 22.7 Å². The second kappa shape index (κ2) is 8.22. The van der Waals surface area contributed by atoms with Crippen LogP contribution in [0.5, 0.6) is 0 Å². The van der Waals surface area contributed by atoms with Gasteiger partial charge in [-0.25, -0.2) is 9.97 Å². The standard InChI is InChI=1S/C20H19N5O2S2/c1-12-13(2)29-19-18(12)20(27)25(11-23-19)8-5-16(26)22-9-17-24-15(10-28-17)14-3-6-21-7-4-14/h3-4,6-7,10-11H,5,8-9H2,1-2H3,(H,22,26). The maximum Gasteiger partial charge on any atom is 0.262 e. The van der Waals surface area contributed by atoms with Crippen molar-refractivity contribution < 1.29 is 4.79 Å². The van der Waals surface area contributed by atoms with E-state index in [-0.39, 0.29) is 17.9 Å². The largest absolute Gasteiger partial charge is 0.350 e. The number of amides is 1. The topological polar surface area (TPSA) is 89.8 Å². The highest BCUT2D eigenvalue weighted by molar-refractivity contribution is 7.18. The molecular formula is C20H19N5O2S2. The number of carbonyl (C=O) groups is 1. The Balaban J connectivity index is 1.36. The molecule has 1 amide bonds. The van der Waals surface area contributed by atoms with Crippen LogP contribution in [0.25, 0.3) is 21.5 Å². The molecule has 0 unspecified atom stereocenters. The predicted molar refractivity (Wildman–Crippen MR) is 115 cm³/mol. The van der Waals surface area contributed by atoms with Crippen molar-refractivity contribution in [1.29, 1.82) is 0 Å². The Morgan fingerprint density at radius 1 is 1.24 bits per heavy atom. The molecule has 148 valence electrons. The molecule has 4 rings (SSSR count). The number of aryl methyl sites for hydroxylation is 3. The third kappa shape index (κ3) is 4.10. The number of aromatic nitrogens is 4. The van der Waals surface area contributed by atoms with E-state index in [1.165, 1.54) is 33.6 Å². The minimum atomic E-state index is -0.129. The van der Waals surface area contributed by atoms with Gasteiger partial charge >= 0.3 is 0 Å². The van der Waals surface area contributed by atoms with Crippen LogP contribution in [0.3, 0.4) is 0 Å². The fraction of sp³-hybridized carbons (Fsp3) is 0.250. The van der Waals surface area contributed by atoms with E-state index < -0.39 is 0 Å². The van der Waals surface area contributed by atoms with Crippen molar-refractivity contribution >= 4 is 38.8 Å². The molecule has 0 radical (unpaired) electrons. The van der Waals surface area contributed by atoms with E-state index in [1.54, 1.807) is 12.4 Å². The molecule has 4 aromatic rings. The molecular weight excluding hydrogens is 406 g/mol. The number of rotatable bonds is 6. The second-order valence-corrected chi connectivity index (χ2v) is 8.74. The van der Waals surface area contributed by atoms with Gasteiger partial charge in [-0.1, -0.05) is 0 Å². The number of hydrogen-bond acceptors (Lipinski definition) is 7. The van der Waals surface area contributed by atoms with Gasteiger partial charge in [0.05, 0.1) is 24.0 Å². The van der Waals surface area contributed by atoms with Crippen LogP contribution in [0, 0.1) is 13.8 Å². The van der Waals surface area contributed by atoms with Gasteiger partial charge in [-0.05, 0) is 31.5 Å². The van der Waals surface area contributed by atoms with Gasteiger partial charge < -0.3 is 5.32 Å². The Kier molecular flexibility index (Phi) is 5.50. The van der Waals surface area contributed by atoms with E-state index in [2.05, 4.69) is 20.3 Å². The van der Waals surface area contributed by atoms with Crippen LogP contribution in [0.4, 0.5) is 0 Å². The lowest BCUT2D eigenvalue weighted by molar-refractivity contribution is -0.121. The lowest BCUT2D eigenvalue weighted by Crippen LogP contribution is -2.27. The molecule has 4 heterocycles. The first-order chi connectivity index (χ1) is 14.0. The van der Waals surface area contributed by atoms with Gasteiger partial charge in [-0.2, -0.15) is 0 Å². The highest BCUT2D eigenvalue weighted by atomic mass is 32.1. The number of hydrogen-bond donors (Lipinski definition) is 1. The molecule has 0 atom stereocenters. The molecule has 7 nitrogen and oxygen atoms in total. The molecule has 1 N–H and O–H groups in total. The first-order valence-corrected chi connectivity index (χ1v) is 10.8. The van der Waals surface area contributed by atoms with Crippen molar-refractivity contribution in [1.82, 2.24) is 24.8 Å². The molecule has 0 aliphatic carbocycles. The van der Waals surface area contributed by atoms with Gasteiger partial charge in [0, 0.05) is 41.2 Å². The maximum atomic E-state index is 12.7. The lowest BCUT2D eigenvalue weighted by atomic mass is 10.2. The minimum absolute atomic E-state index is 0.0911. The third-order valence-corrected chi connectivity index (χ3v) is 6.66. The molecule has 0 aromatic carbocycles. The van der Waals surface area contributed by atoms with Gasteiger partial charge in [0.1, 0.15) is 9.84 Å². The quantitative estimate of drug-likeness (QED) is 0.512. The third-order valence-electron chi connectivity index (χ3n) is 4.70. The zero-order valence-electron chi connectivity index (χ0n) is 16.0. The first-order valence-electron chi connectivity index (χ1n) is 9.09. The van der Waals surface area contributed by atoms with Crippen molar-refractivity contribution in [3.63, 3.8) is 0 Å². The fourth-order valence-electron chi connectivity index (χ4n) is 2.96. The second-order valence-electron chi connectivity index (χ2n) is 6.60. The normalized spacial score (nSPS) is 11.1. The maximum absolute atomic E-state index is 12.7. The predicted octanol–water partition coefficient (Wildman–Crippen LogP) is 3.30. The summed E-state index contributed by atoms with van der Waals surface area (Å²) in [6.07, 6.45) is 5.18. The van der Waals surface area contributed by atoms with Gasteiger partial charge in [-0.15, -0.1) is 22.7 Å². The summed E-state index contributed by atoms with van der Waals surface area (Å²) in [6, 6.07) is 3.80. The zero-order valence-corrected chi connectivity index (χ0v) is 17.6. The first kappa shape index (κ1) is 19.4. The van der Waals surface area contributed by atoms with E-state index in [0.29, 0.717) is 18.5 Å². The summed E-state index contributed by atoms with van der Waals surface area (Å²) in [4.78, 5) is 39.7. The summed E-state index contributed by atoms with van der Waals surface area (Å²) in [5, 5.41) is 6.31. The lowest BCUT2D eigenvalue weighted by Gasteiger charge is -2.06. The highest BCUT2D eigenvalue weighted by Crippen LogP contribution is 2.25. The molecule has 0 spiro atoms. The average Bonchev–Trinajstić information content (AvgIpc) is 3.32. The molecule has 0 fully saturated rings. The number of fused-ring (bicyclic) bond motifs is 1. The summed E-state index contributed by atoms with van der Waals surface area (Å²) in [5.74, 6) is -0.129. The molecule has 0 aliphatic heterocycles. The molecule has 29 heavy (non-hydrogen) atoms. The van der Waals surface area contributed by atoms with Crippen molar-refractivity contribution in [3.05, 3.63) is 62.0 Å².